The number of aryl methyl sites for hydroxylation is 1. The number of nitrogens with zero attached hydrogens (tertiary/aromatic N) is 2. The van der Waals surface area contributed by atoms with E-state index in [0.29, 0.717) is 12.3 Å². The Labute approximate surface area is 186 Å². The Morgan fingerprint density at radius 2 is 1.84 bits per heavy atom. The molecule has 1 saturated heterocycles. The lowest BCUT2D eigenvalue weighted by molar-refractivity contribution is -0.121. The van der Waals surface area contributed by atoms with Crippen LogP contribution in [0.15, 0.2) is 48.5 Å². The van der Waals surface area contributed by atoms with Crippen molar-refractivity contribution < 1.29 is 9.53 Å². The van der Waals surface area contributed by atoms with Gasteiger partial charge in [0.15, 0.2) is 0 Å². The van der Waals surface area contributed by atoms with Gasteiger partial charge in [0, 0.05) is 52.2 Å². The van der Waals surface area contributed by atoms with Gasteiger partial charge in [0.2, 0.25) is 5.91 Å². The first-order chi connectivity index (χ1) is 15.2. The molecule has 1 N–H and O–H groups in total. The molecule has 31 heavy (non-hydrogen) atoms. The molecule has 1 aliphatic heterocycles. The number of carbonyl (C=O) groups is 1. The van der Waals surface area contributed by atoms with E-state index in [4.69, 9.17) is 4.74 Å². The van der Waals surface area contributed by atoms with Gasteiger partial charge >= 0.3 is 0 Å². The van der Waals surface area contributed by atoms with Gasteiger partial charge in [-0.05, 0) is 54.0 Å². The van der Waals surface area contributed by atoms with E-state index in [0.717, 1.165) is 70.8 Å². The fraction of sp³-hybridized carbons (Fsp3) is 0.500. The maximum absolute atomic E-state index is 12.6. The first-order valence-electron chi connectivity index (χ1n) is 11.6. The first kappa shape index (κ1) is 21.8. The Bertz CT molecular complexity index is 847. The van der Waals surface area contributed by atoms with Crippen LogP contribution in [-0.4, -0.2) is 62.1 Å². The van der Waals surface area contributed by atoms with Gasteiger partial charge in [0.1, 0.15) is 5.75 Å². The molecule has 1 amide bonds. The van der Waals surface area contributed by atoms with E-state index in [1.165, 1.54) is 16.7 Å². The predicted octanol–water partition coefficient (Wildman–Crippen LogP) is 3.44. The molecule has 4 rings (SSSR count). The summed E-state index contributed by atoms with van der Waals surface area (Å²) < 4.78 is 5.36. The highest BCUT2D eigenvalue weighted by molar-refractivity contribution is 5.77. The van der Waals surface area contributed by atoms with Crippen LogP contribution in [0, 0.1) is 0 Å². The summed E-state index contributed by atoms with van der Waals surface area (Å²) in [6.45, 7) is 7.01. The molecule has 0 aromatic heterocycles. The van der Waals surface area contributed by atoms with Crippen LogP contribution < -0.4 is 10.1 Å². The fourth-order valence-corrected chi connectivity index (χ4v) is 4.89. The molecule has 1 heterocycles. The highest BCUT2D eigenvalue weighted by Gasteiger charge is 2.23. The molecular formula is C26H35N3O2. The minimum atomic E-state index is 0.177. The van der Waals surface area contributed by atoms with Gasteiger partial charge in [0.05, 0.1) is 7.11 Å². The fourth-order valence-electron chi connectivity index (χ4n) is 4.89. The normalized spacial score (nSPS) is 19.6. The van der Waals surface area contributed by atoms with Crippen molar-refractivity contribution in [1.29, 1.82) is 0 Å². The molecular weight excluding hydrogens is 386 g/mol. The van der Waals surface area contributed by atoms with Gasteiger partial charge in [-0.25, -0.2) is 0 Å². The molecule has 1 aliphatic carbocycles. The summed E-state index contributed by atoms with van der Waals surface area (Å²) in [7, 11) is 1.71. The SMILES string of the molecule is COc1ccc2c(c1)CCCC2CC(=O)NCCN1CCN(Cc2ccccc2)CC1. The first-order valence-corrected chi connectivity index (χ1v) is 11.6. The lowest BCUT2D eigenvalue weighted by Crippen LogP contribution is -2.48. The molecule has 0 spiro atoms. The molecule has 1 atom stereocenters. The smallest absolute Gasteiger partial charge is 0.220 e. The van der Waals surface area contributed by atoms with Crippen LogP contribution in [0.3, 0.4) is 0 Å². The van der Waals surface area contributed by atoms with Crippen molar-refractivity contribution in [2.24, 2.45) is 0 Å². The summed E-state index contributed by atoms with van der Waals surface area (Å²) in [5.41, 5.74) is 4.06. The number of rotatable bonds is 8. The molecule has 2 aromatic carbocycles. The third-order valence-electron chi connectivity index (χ3n) is 6.68. The second-order valence-electron chi connectivity index (χ2n) is 8.81. The zero-order valence-electron chi connectivity index (χ0n) is 18.7. The quantitative estimate of drug-likeness (QED) is 0.709. The summed E-state index contributed by atoms with van der Waals surface area (Å²) in [5, 5.41) is 3.16. The van der Waals surface area contributed by atoms with Crippen LogP contribution in [0.1, 0.15) is 41.9 Å². The number of hydrogen-bond donors (Lipinski definition) is 1. The van der Waals surface area contributed by atoms with Gasteiger partial charge in [-0.3, -0.25) is 14.6 Å². The van der Waals surface area contributed by atoms with Crippen molar-refractivity contribution in [3.05, 3.63) is 65.2 Å². The monoisotopic (exact) mass is 421 g/mol. The number of methoxy groups -OCH3 is 1. The number of fused-ring (bicyclic) bond motifs is 1. The highest BCUT2D eigenvalue weighted by atomic mass is 16.5. The standard InChI is InChI=1S/C26H35N3O2/c1-31-24-10-11-25-22(18-24)8-5-9-23(25)19-26(30)27-12-13-28-14-16-29(17-15-28)20-21-6-3-2-4-7-21/h2-4,6-7,10-11,18,23H,5,8-9,12-17,19-20H2,1H3,(H,27,30). The van der Waals surface area contributed by atoms with Crippen LogP contribution in [0.5, 0.6) is 5.75 Å². The van der Waals surface area contributed by atoms with E-state index in [-0.39, 0.29) is 5.91 Å². The van der Waals surface area contributed by atoms with Crippen LogP contribution >= 0.6 is 0 Å². The van der Waals surface area contributed by atoms with Crippen molar-refractivity contribution in [3.63, 3.8) is 0 Å². The van der Waals surface area contributed by atoms with Crippen LogP contribution in [0.25, 0.3) is 0 Å². The van der Waals surface area contributed by atoms with Crippen molar-refractivity contribution in [1.82, 2.24) is 15.1 Å². The van der Waals surface area contributed by atoms with E-state index in [1.807, 2.05) is 6.07 Å². The second kappa shape index (κ2) is 10.8. The Balaban J connectivity index is 1.16. The summed E-state index contributed by atoms with van der Waals surface area (Å²) in [6, 6.07) is 17.0. The molecule has 5 heteroatoms. The number of piperazine rings is 1. The van der Waals surface area contributed by atoms with Crippen molar-refractivity contribution in [3.8, 4) is 5.75 Å². The summed E-state index contributed by atoms with van der Waals surface area (Å²) >= 11 is 0. The number of carbonyl (C=O) groups excluding carboxylic acids is 1. The molecule has 1 unspecified atom stereocenters. The maximum Gasteiger partial charge on any atom is 0.220 e. The lowest BCUT2D eigenvalue weighted by atomic mass is 9.81. The van der Waals surface area contributed by atoms with Gasteiger partial charge in [-0.15, -0.1) is 0 Å². The number of nitrogens with one attached hydrogen (secondary N) is 1. The van der Waals surface area contributed by atoms with Crippen molar-refractivity contribution >= 4 is 5.91 Å². The zero-order chi connectivity index (χ0) is 21.5. The van der Waals surface area contributed by atoms with E-state index >= 15 is 0 Å². The van der Waals surface area contributed by atoms with Gasteiger partial charge in [0.25, 0.3) is 0 Å². The highest BCUT2D eigenvalue weighted by Crippen LogP contribution is 2.35. The van der Waals surface area contributed by atoms with E-state index in [1.54, 1.807) is 7.11 Å². The van der Waals surface area contributed by atoms with E-state index < -0.39 is 0 Å². The number of benzene rings is 2. The second-order valence-corrected chi connectivity index (χ2v) is 8.81. The van der Waals surface area contributed by atoms with E-state index in [2.05, 4.69) is 57.6 Å². The molecule has 1 fully saturated rings. The topological polar surface area (TPSA) is 44.8 Å². The van der Waals surface area contributed by atoms with Gasteiger partial charge in [-0.2, -0.15) is 0 Å². The van der Waals surface area contributed by atoms with Crippen LogP contribution in [-0.2, 0) is 17.8 Å². The molecule has 5 nitrogen and oxygen atoms in total. The minimum Gasteiger partial charge on any atom is -0.497 e. The molecule has 2 aliphatic rings. The number of ether oxygens (including phenoxy) is 1. The van der Waals surface area contributed by atoms with Gasteiger partial charge < -0.3 is 10.1 Å². The maximum atomic E-state index is 12.6. The third-order valence-corrected chi connectivity index (χ3v) is 6.68. The molecule has 0 radical (unpaired) electrons. The zero-order valence-corrected chi connectivity index (χ0v) is 18.7. The summed E-state index contributed by atoms with van der Waals surface area (Å²) in [4.78, 5) is 17.6. The van der Waals surface area contributed by atoms with Crippen LogP contribution in [0.2, 0.25) is 0 Å². The predicted molar refractivity (Wildman–Crippen MR) is 124 cm³/mol. The molecule has 0 bridgehead atoms. The molecule has 166 valence electrons. The average Bonchev–Trinajstić information content (AvgIpc) is 2.81. The summed E-state index contributed by atoms with van der Waals surface area (Å²) in [6.07, 6.45) is 3.91. The van der Waals surface area contributed by atoms with E-state index in [9.17, 15) is 4.79 Å². The largest absolute Gasteiger partial charge is 0.497 e. The lowest BCUT2D eigenvalue weighted by Gasteiger charge is -2.34. The molecule has 2 aromatic rings. The average molecular weight is 422 g/mol. The summed E-state index contributed by atoms with van der Waals surface area (Å²) in [5.74, 6) is 1.42. The number of hydrogen-bond acceptors (Lipinski definition) is 4. The van der Waals surface area contributed by atoms with Crippen LogP contribution in [0.4, 0.5) is 0 Å². The Kier molecular flexibility index (Phi) is 7.60. The third kappa shape index (κ3) is 6.08. The Morgan fingerprint density at radius 3 is 2.61 bits per heavy atom. The Hall–Kier alpha value is -2.37. The minimum absolute atomic E-state index is 0.177. The van der Waals surface area contributed by atoms with Gasteiger partial charge in [-0.1, -0.05) is 36.4 Å². The van der Waals surface area contributed by atoms with Crippen molar-refractivity contribution in [2.45, 2.75) is 38.1 Å². The Morgan fingerprint density at radius 1 is 1.06 bits per heavy atom. The number of amides is 1. The van der Waals surface area contributed by atoms with Crippen molar-refractivity contribution in [2.75, 3.05) is 46.4 Å². The molecule has 0 saturated carbocycles.